The first-order valence-electron chi connectivity index (χ1n) is 5.08. The summed E-state index contributed by atoms with van der Waals surface area (Å²) in [4.78, 5) is 0. The predicted molar refractivity (Wildman–Crippen MR) is 51.3 cm³/mol. The van der Waals surface area contributed by atoms with Crippen molar-refractivity contribution in [3.05, 3.63) is 11.8 Å². The van der Waals surface area contributed by atoms with Crippen LogP contribution in [0.5, 0.6) is 0 Å². The van der Waals surface area contributed by atoms with E-state index in [-0.39, 0.29) is 17.8 Å². The molecule has 1 unspecified atom stereocenters. The van der Waals surface area contributed by atoms with E-state index in [9.17, 15) is 21.6 Å². The van der Waals surface area contributed by atoms with Gasteiger partial charge in [-0.1, -0.05) is 0 Å². The highest BCUT2D eigenvalue weighted by Crippen LogP contribution is 2.40. The molecule has 0 aromatic rings. The fourth-order valence-corrected chi connectivity index (χ4v) is 2.40. The fourth-order valence-electron chi connectivity index (χ4n) is 1.87. The second-order valence-electron chi connectivity index (χ2n) is 4.14. The Morgan fingerprint density at radius 3 is 2.35 bits per heavy atom. The van der Waals surface area contributed by atoms with Gasteiger partial charge in [0.2, 0.25) is 0 Å². The monoisotopic (exact) mass is 272 g/mol. The molecule has 0 saturated carbocycles. The van der Waals surface area contributed by atoms with E-state index in [2.05, 4.69) is 4.18 Å². The first-order chi connectivity index (χ1) is 7.74. The molecule has 0 N–H and O–H groups in total. The van der Waals surface area contributed by atoms with Crippen molar-refractivity contribution in [3.8, 4) is 0 Å². The third-order valence-corrected chi connectivity index (χ3v) is 4.00. The largest absolute Gasteiger partial charge is 0.534 e. The molecule has 1 fully saturated rings. The smallest absolute Gasteiger partial charge is 0.381 e. The Balaban J connectivity index is 2.02. The van der Waals surface area contributed by atoms with Crippen molar-refractivity contribution < 1.29 is 30.5 Å². The lowest BCUT2D eigenvalue weighted by Gasteiger charge is -2.43. The summed E-state index contributed by atoms with van der Waals surface area (Å²) in [6.45, 7) is 0.644. The summed E-state index contributed by atoms with van der Waals surface area (Å²) in [5.74, 6) is -0.150. The van der Waals surface area contributed by atoms with E-state index < -0.39 is 15.6 Å². The van der Waals surface area contributed by atoms with Gasteiger partial charge in [-0.3, -0.25) is 0 Å². The number of allylic oxidation sites excluding steroid dienone is 1. The number of halogens is 3. The fraction of sp³-hybridized carbons (Fsp3) is 0.778. The highest BCUT2D eigenvalue weighted by molar-refractivity contribution is 7.87. The van der Waals surface area contributed by atoms with E-state index in [4.69, 9.17) is 4.74 Å². The Morgan fingerprint density at radius 1 is 1.35 bits per heavy atom. The third-order valence-electron chi connectivity index (χ3n) is 2.99. The van der Waals surface area contributed by atoms with Crippen molar-refractivity contribution >= 4 is 10.1 Å². The summed E-state index contributed by atoms with van der Waals surface area (Å²) in [6.07, 6.45) is 3.26. The molecule has 1 aliphatic carbocycles. The molecule has 17 heavy (non-hydrogen) atoms. The molecule has 98 valence electrons. The first kappa shape index (κ1) is 12.7. The second-order valence-corrected chi connectivity index (χ2v) is 5.68. The molecule has 0 aromatic carbocycles. The van der Waals surface area contributed by atoms with Crippen LogP contribution in [0.25, 0.3) is 0 Å². The Hall–Kier alpha value is -0.760. The van der Waals surface area contributed by atoms with E-state index in [1.807, 2.05) is 0 Å². The number of hydrogen-bond donors (Lipinski definition) is 0. The van der Waals surface area contributed by atoms with Crippen LogP contribution in [-0.2, 0) is 19.0 Å². The SMILES string of the molecule is O=S(=O)(OC1=CCC2(CCO2)CC1)C(F)(F)F. The molecule has 1 heterocycles. The summed E-state index contributed by atoms with van der Waals surface area (Å²) in [7, 11) is -5.53. The standard InChI is InChI=1S/C9H11F3O4S/c10-9(11,12)17(13,14)16-7-1-3-8(4-2-7)5-6-15-8/h1H,2-6H2. The molecule has 1 saturated heterocycles. The van der Waals surface area contributed by atoms with Gasteiger partial charge in [0.15, 0.2) is 0 Å². The molecule has 0 aromatic heterocycles. The van der Waals surface area contributed by atoms with Crippen LogP contribution < -0.4 is 0 Å². The molecule has 0 amide bonds. The quantitative estimate of drug-likeness (QED) is 0.570. The number of ether oxygens (including phenoxy) is 1. The van der Waals surface area contributed by atoms with Gasteiger partial charge < -0.3 is 8.92 Å². The zero-order valence-corrected chi connectivity index (χ0v) is 9.60. The van der Waals surface area contributed by atoms with E-state index >= 15 is 0 Å². The van der Waals surface area contributed by atoms with Crippen LogP contribution in [0.3, 0.4) is 0 Å². The van der Waals surface area contributed by atoms with E-state index in [1.165, 1.54) is 6.08 Å². The van der Waals surface area contributed by atoms with Crippen LogP contribution in [0.1, 0.15) is 25.7 Å². The van der Waals surface area contributed by atoms with Gasteiger partial charge in [0.05, 0.1) is 12.2 Å². The minimum absolute atomic E-state index is 0.148. The lowest BCUT2D eigenvalue weighted by Crippen LogP contribution is -2.44. The molecule has 1 aliphatic heterocycles. The topological polar surface area (TPSA) is 52.6 Å². The average molecular weight is 272 g/mol. The number of rotatable bonds is 2. The normalized spacial score (nSPS) is 29.7. The maximum atomic E-state index is 12.1. The van der Waals surface area contributed by atoms with Crippen molar-refractivity contribution in [2.45, 2.75) is 36.8 Å². The highest BCUT2D eigenvalue weighted by atomic mass is 32.2. The molecular formula is C9H11F3O4S. The second kappa shape index (κ2) is 3.88. The molecule has 0 radical (unpaired) electrons. The van der Waals surface area contributed by atoms with Gasteiger partial charge in [0.1, 0.15) is 5.76 Å². The van der Waals surface area contributed by atoms with Crippen LogP contribution >= 0.6 is 0 Å². The van der Waals surface area contributed by atoms with Gasteiger partial charge in [0, 0.05) is 12.8 Å². The van der Waals surface area contributed by atoms with Crippen LogP contribution in [0.4, 0.5) is 13.2 Å². The van der Waals surface area contributed by atoms with Crippen LogP contribution in [0.2, 0.25) is 0 Å². The van der Waals surface area contributed by atoms with E-state index in [1.54, 1.807) is 0 Å². The summed E-state index contributed by atoms with van der Waals surface area (Å²) in [6, 6.07) is 0. The molecule has 1 spiro atoms. The molecule has 0 bridgehead atoms. The van der Waals surface area contributed by atoms with Crippen LogP contribution in [-0.4, -0.2) is 26.1 Å². The lowest BCUT2D eigenvalue weighted by molar-refractivity contribution is -0.152. The van der Waals surface area contributed by atoms with Gasteiger partial charge in [-0.15, -0.1) is 0 Å². The van der Waals surface area contributed by atoms with Crippen molar-refractivity contribution in [2.75, 3.05) is 6.61 Å². The Morgan fingerprint density at radius 2 is 2.00 bits per heavy atom. The van der Waals surface area contributed by atoms with E-state index in [0.717, 1.165) is 6.42 Å². The zero-order valence-electron chi connectivity index (χ0n) is 8.79. The molecule has 4 nitrogen and oxygen atoms in total. The van der Waals surface area contributed by atoms with Crippen molar-refractivity contribution in [1.29, 1.82) is 0 Å². The van der Waals surface area contributed by atoms with Gasteiger partial charge in [0.25, 0.3) is 0 Å². The van der Waals surface area contributed by atoms with Gasteiger partial charge in [-0.2, -0.15) is 21.6 Å². The Kier molecular flexibility index (Phi) is 2.89. The summed E-state index contributed by atoms with van der Waals surface area (Å²) < 4.78 is 67.0. The highest BCUT2D eigenvalue weighted by Gasteiger charge is 2.49. The predicted octanol–water partition coefficient (Wildman–Crippen LogP) is 2.08. The molecule has 2 rings (SSSR count). The van der Waals surface area contributed by atoms with Gasteiger partial charge >= 0.3 is 15.6 Å². The van der Waals surface area contributed by atoms with Gasteiger partial charge in [-0.25, -0.2) is 0 Å². The number of hydrogen-bond acceptors (Lipinski definition) is 4. The Bertz CT molecular complexity index is 434. The lowest BCUT2D eigenvalue weighted by atomic mass is 9.82. The van der Waals surface area contributed by atoms with Gasteiger partial charge in [-0.05, 0) is 18.9 Å². The van der Waals surface area contributed by atoms with E-state index in [0.29, 0.717) is 19.4 Å². The van der Waals surface area contributed by atoms with Crippen molar-refractivity contribution in [3.63, 3.8) is 0 Å². The Labute approximate surface area is 96.5 Å². The third kappa shape index (κ3) is 2.42. The van der Waals surface area contributed by atoms with Crippen LogP contribution in [0.15, 0.2) is 11.8 Å². The maximum absolute atomic E-state index is 12.1. The van der Waals surface area contributed by atoms with Crippen LogP contribution in [0, 0.1) is 0 Å². The minimum atomic E-state index is -5.53. The average Bonchev–Trinajstić information content (AvgIpc) is 2.14. The minimum Gasteiger partial charge on any atom is -0.381 e. The molecular weight excluding hydrogens is 261 g/mol. The van der Waals surface area contributed by atoms with Crippen molar-refractivity contribution in [1.82, 2.24) is 0 Å². The summed E-state index contributed by atoms with van der Waals surface area (Å²) >= 11 is 0. The first-order valence-corrected chi connectivity index (χ1v) is 6.49. The number of alkyl halides is 3. The summed E-state index contributed by atoms with van der Waals surface area (Å²) in [5, 5.41) is 0. The van der Waals surface area contributed by atoms with Crippen molar-refractivity contribution in [2.24, 2.45) is 0 Å². The molecule has 2 aliphatic rings. The summed E-state index contributed by atoms with van der Waals surface area (Å²) in [5.41, 5.74) is -5.68. The zero-order chi connectivity index (χ0) is 12.7. The maximum Gasteiger partial charge on any atom is 0.534 e. The molecule has 1 atom stereocenters. The molecule has 8 heteroatoms.